The molecular weight excluding hydrogens is 408 g/mol. The number of carbonyl (C=O) groups excluding carboxylic acids is 1. The maximum Gasteiger partial charge on any atom is 0.264 e. The normalized spacial score (nSPS) is 11.2. The number of amides is 1. The standard InChI is InChI=1S/C25H28N2O3S/c1-18-8-11-23(12-9-18)31(29,30)27(24-13-10-20(3)14-21(24)4)17-25(28)26-16-22-7-5-6-19(2)15-22/h5-15H,16-17H2,1-4H3,(H,26,28). The van der Waals surface area contributed by atoms with Gasteiger partial charge in [-0.2, -0.15) is 0 Å². The van der Waals surface area contributed by atoms with Crippen LogP contribution in [0.25, 0.3) is 0 Å². The number of hydrogen-bond donors (Lipinski definition) is 1. The van der Waals surface area contributed by atoms with Crippen LogP contribution in [0.4, 0.5) is 5.69 Å². The zero-order valence-corrected chi connectivity index (χ0v) is 19.2. The third-order valence-electron chi connectivity index (χ3n) is 5.09. The first kappa shape index (κ1) is 22.6. The number of rotatable bonds is 7. The molecule has 3 aromatic rings. The lowest BCUT2D eigenvalue weighted by Crippen LogP contribution is -2.41. The molecule has 0 saturated heterocycles. The summed E-state index contributed by atoms with van der Waals surface area (Å²) in [6.07, 6.45) is 0. The first-order chi connectivity index (χ1) is 14.7. The van der Waals surface area contributed by atoms with Crippen LogP contribution >= 0.6 is 0 Å². The summed E-state index contributed by atoms with van der Waals surface area (Å²) in [5.41, 5.74) is 5.35. The number of nitrogens with one attached hydrogen (secondary N) is 1. The fraction of sp³-hybridized carbons (Fsp3) is 0.240. The topological polar surface area (TPSA) is 66.5 Å². The van der Waals surface area contributed by atoms with Crippen LogP contribution in [-0.4, -0.2) is 20.9 Å². The minimum Gasteiger partial charge on any atom is -0.350 e. The van der Waals surface area contributed by atoms with Crippen LogP contribution in [-0.2, 0) is 21.4 Å². The van der Waals surface area contributed by atoms with E-state index in [2.05, 4.69) is 5.32 Å². The molecule has 0 aromatic heterocycles. The molecule has 0 unspecified atom stereocenters. The van der Waals surface area contributed by atoms with Crippen molar-refractivity contribution in [1.29, 1.82) is 0 Å². The Morgan fingerprint density at radius 2 is 1.48 bits per heavy atom. The Morgan fingerprint density at radius 1 is 0.839 bits per heavy atom. The minimum atomic E-state index is -3.92. The molecule has 0 atom stereocenters. The van der Waals surface area contributed by atoms with Crippen LogP contribution in [0.1, 0.15) is 27.8 Å². The second-order valence-corrected chi connectivity index (χ2v) is 9.74. The Bertz CT molecular complexity index is 1190. The van der Waals surface area contributed by atoms with Gasteiger partial charge in [0.25, 0.3) is 10.0 Å². The molecule has 3 rings (SSSR count). The summed E-state index contributed by atoms with van der Waals surface area (Å²) in [6.45, 7) is 7.73. The third-order valence-corrected chi connectivity index (χ3v) is 6.86. The zero-order valence-electron chi connectivity index (χ0n) is 18.3. The van der Waals surface area contributed by atoms with E-state index in [1.807, 2.05) is 64.1 Å². The average Bonchev–Trinajstić information content (AvgIpc) is 2.71. The monoisotopic (exact) mass is 436 g/mol. The van der Waals surface area contributed by atoms with Crippen molar-refractivity contribution < 1.29 is 13.2 Å². The SMILES string of the molecule is Cc1ccc(S(=O)(=O)N(CC(=O)NCc2cccc(C)c2)c2ccc(C)cc2C)cc1. The molecule has 0 saturated carbocycles. The summed E-state index contributed by atoms with van der Waals surface area (Å²) in [4.78, 5) is 12.9. The number of aryl methyl sites for hydroxylation is 4. The molecule has 6 heteroatoms. The van der Waals surface area contributed by atoms with Gasteiger partial charge in [0.05, 0.1) is 10.6 Å². The molecule has 0 heterocycles. The average molecular weight is 437 g/mol. The van der Waals surface area contributed by atoms with Gasteiger partial charge in [-0.05, 0) is 57.0 Å². The van der Waals surface area contributed by atoms with E-state index < -0.39 is 10.0 Å². The number of hydrogen-bond acceptors (Lipinski definition) is 3. The highest BCUT2D eigenvalue weighted by molar-refractivity contribution is 7.92. The van der Waals surface area contributed by atoms with E-state index in [-0.39, 0.29) is 17.3 Å². The molecule has 1 N–H and O–H groups in total. The summed E-state index contributed by atoms with van der Waals surface area (Å²) in [6, 6.07) is 20.0. The van der Waals surface area contributed by atoms with Gasteiger partial charge in [0, 0.05) is 6.54 Å². The van der Waals surface area contributed by atoms with Gasteiger partial charge in [0.2, 0.25) is 5.91 Å². The Hall–Kier alpha value is -3.12. The number of benzene rings is 3. The largest absolute Gasteiger partial charge is 0.350 e. The molecule has 0 radical (unpaired) electrons. The minimum absolute atomic E-state index is 0.157. The lowest BCUT2D eigenvalue weighted by Gasteiger charge is -2.26. The summed E-state index contributed by atoms with van der Waals surface area (Å²) in [5.74, 6) is -0.364. The van der Waals surface area contributed by atoms with Gasteiger partial charge < -0.3 is 5.32 Å². The maximum atomic E-state index is 13.5. The molecule has 0 aliphatic heterocycles. The van der Waals surface area contributed by atoms with E-state index in [0.29, 0.717) is 12.2 Å². The van der Waals surface area contributed by atoms with Crippen molar-refractivity contribution in [2.24, 2.45) is 0 Å². The van der Waals surface area contributed by atoms with E-state index in [1.165, 1.54) is 4.31 Å². The molecular formula is C25H28N2O3S. The van der Waals surface area contributed by atoms with Crippen LogP contribution < -0.4 is 9.62 Å². The molecule has 0 aliphatic carbocycles. The van der Waals surface area contributed by atoms with Gasteiger partial charge >= 0.3 is 0 Å². The predicted molar refractivity (Wildman–Crippen MR) is 125 cm³/mol. The number of nitrogens with zero attached hydrogens (tertiary/aromatic N) is 1. The van der Waals surface area contributed by atoms with Crippen molar-refractivity contribution >= 4 is 21.6 Å². The van der Waals surface area contributed by atoms with Gasteiger partial charge in [0.15, 0.2) is 0 Å². The highest BCUT2D eigenvalue weighted by Crippen LogP contribution is 2.27. The van der Waals surface area contributed by atoms with Crippen LogP contribution in [0.3, 0.4) is 0 Å². The lowest BCUT2D eigenvalue weighted by atomic mass is 10.1. The van der Waals surface area contributed by atoms with Gasteiger partial charge in [-0.1, -0.05) is 65.2 Å². The number of sulfonamides is 1. The Labute approximate surface area is 184 Å². The molecule has 31 heavy (non-hydrogen) atoms. The van der Waals surface area contributed by atoms with Crippen molar-refractivity contribution in [3.63, 3.8) is 0 Å². The van der Waals surface area contributed by atoms with Crippen molar-refractivity contribution in [3.8, 4) is 0 Å². The van der Waals surface area contributed by atoms with Crippen LogP contribution in [0.15, 0.2) is 71.6 Å². The van der Waals surface area contributed by atoms with E-state index in [4.69, 9.17) is 0 Å². The summed E-state index contributed by atoms with van der Waals surface area (Å²) in [5, 5.41) is 2.84. The van der Waals surface area contributed by atoms with Crippen LogP contribution in [0.2, 0.25) is 0 Å². The predicted octanol–water partition coefficient (Wildman–Crippen LogP) is 4.43. The Kier molecular flexibility index (Phi) is 6.81. The van der Waals surface area contributed by atoms with Gasteiger partial charge in [-0.3, -0.25) is 9.10 Å². The van der Waals surface area contributed by atoms with E-state index in [0.717, 1.165) is 27.8 Å². The van der Waals surface area contributed by atoms with Gasteiger partial charge in [-0.15, -0.1) is 0 Å². The fourth-order valence-corrected chi connectivity index (χ4v) is 4.92. The van der Waals surface area contributed by atoms with Crippen LogP contribution in [0, 0.1) is 27.7 Å². The highest BCUT2D eigenvalue weighted by Gasteiger charge is 2.28. The Balaban J connectivity index is 1.90. The zero-order chi connectivity index (χ0) is 22.6. The molecule has 5 nitrogen and oxygen atoms in total. The highest BCUT2D eigenvalue weighted by atomic mass is 32.2. The second-order valence-electron chi connectivity index (χ2n) is 7.88. The molecule has 0 bridgehead atoms. The molecule has 0 fully saturated rings. The molecule has 162 valence electrons. The first-order valence-electron chi connectivity index (χ1n) is 10.2. The second kappa shape index (κ2) is 9.35. The van der Waals surface area contributed by atoms with E-state index >= 15 is 0 Å². The van der Waals surface area contributed by atoms with E-state index in [1.54, 1.807) is 30.3 Å². The number of anilines is 1. The molecule has 0 aliphatic rings. The quantitative estimate of drug-likeness (QED) is 0.596. The maximum absolute atomic E-state index is 13.5. The number of carbonyl (C=O) groups is 1. The van der Waals surface area contributed by atoms with Crippen molar-refractivity contribution in [1.82, 2.24) is 5.32 Å². The summed E-state index contributed by atoms with van der Waals surface area (Å²) >= 11 is 0. The summed E-state index contributed by atoms with van der Waals surface area (Å²) < 4.78 is 28.2. The van der Waals surface area contributed by atoms with Crippen molar-refractivity contribution in [3.05, 3.63) is 94.5 Å². The molecule has 1 amide bonds. The lowest BCUT2D eigenvalue weighted by molar-refractivity contribution is -0.119. The van der Waals surface area contributed by atoms with Gasteiger partial charge in [-0.25, -0.2) is 8.42 Å². The van der Waals surface area contributed by atoms with Crippen LogP contribution in [0.5, 0.6) is 0 Å². The van der Waals surface area contributed by atoms with Crippen molar-refractivity contribution in [2.45, 2.75) is 39.1 Å². The Morgan fingerprint density at radius 3 is 2.13 bits per heavy atom. The smallest absolute Gasteiger partial charge is 0.264 e. The fourth-order valence-electron chi connectivity index (χ4n) is 3.43. The molecule has 3 aromatic carbocycles. The van der Waals surface area contributed by atoms with Crippen molar-refractivity contribution in [2.75, 3.05) is 10.8 Å². The van der Waals surface area contributed by atoms with E-state index in [9.17, 15) is 13.2 Å². The molecule has 0 spiro atoms. The third kappa shape index (κ3) is 5.52. The van der Waals surface area contributed by atoms with Gasteiger partial charge in [0.1, 0.15) is 6.54 Å². The first-order valence-corrected chi connectivity index (χ1v) is 11.6. The summed E-state index contributed by atoms with van der Waals surface area (Å²) in [7, 11) is -3.92.